The Morgan fingerprint density at radius 3 is 2.23 bits per heavy atom. The number of carbonyl (C=O) groups excluding carboxylic acids is 1. The monoisotopic (exact) mass is 423 g/mol. The number of ether oxygens (including phenoxy) is 1. The number of esters is 1. The summed E-state index contributed by atoms with van der Waals surface area (Å²) in [5.74, 6) is -5.68. The van der Waals surface area contributed by atoms with E-state index in [9.17, 15) is 22.8 Å². The molecule has 0 fully saturated rings. The number of carbonyl (C=O) groups is 1. The summed E-state index contributed by atoms with van der Waals surface area (Å²) in [6, 6.07) is 16.9. The number of aromatic nitrogens is 1. The third kappa shape index (κ3) is 3.59. The first-order chi connectivity index (χ1) is 14.9. The van der Waals surface area contributed by atoms with Crippen molar-refractivity contribution >= 4 is 16.9 Å². The molecule has 0 saturated carbocycles. The molecule has 0 spiro atoms. The molecular weight excluding hydrogens is 407 g/mol. The average molecular weight is 423 g/mol. The van der Waals surface area contributed by atoms with Crippen LogP contribution in [0.15, 0.2) is 71.7 Å². The first kappa shape index (κ1) is 20.4. The maximum Gasteiger partial charge on any atom is 0.343 e. The van der Waals surface area contributed by atoms with Gasteiger partial charge in [-0.05, 0) is 36.2 Å². The van der Waals surface area contributed by atoms with Crippen molar-refractivity contribution in [1.29, 1.82) is 0 Å². The van der Waals surface area contributed by atoms with Crippen molar-refractivity contribution in [3.8, 4) is 16.8 Å². The third-order valence-electron chi connectivity index (χ3n) is 4.87. The zero-order chi connectivity index (χ0) is 22.1. The van der Waals surface area contributed by atoms with Gasteiger partial charge in [0.2, 0.25) is 5.43 Å². The van der Waals surface area contributed by atoms with Crippen LogP contribution in [-0.2, 0) is 4.74 Å². The summed E-state index contributed by atoms with van der Waals surface area (Å²) in [6.45, 7) is 1.57. The van der Waals surface area contributed by atoms with Crippen molar-refractivity contribution in [2.75, 3.05) is 6.61 Å². The molecule has 0 atom stereocenters. The second-order valence-electron chi connectivity index (χ2n) is 6.76. The van der Waals surface area contributed by atoms with Gasteiger partial charge in [-0.25, -0.2) is 18.0 Å². The molecule has 4 rings (SSSR count). The van der Waals surface area contributed by atoms with E-state index in [4.69, 9.17) is 4.74 Å². The molecule has 4 aromatic rings. The minimum absolute atomic E-state index is 0.00816. The largest absolute Gasteiger partial charge is 0.462 e. The molecule has 7 heteroatoms. The van der Waals surface area contributed by atoms with Crippen LogP contribution in [0.25, 0.3) is 27.7 Å². The molecule has 0 amide bonds. The third-order valence-corrected chi connectivity index (χ3v) is 4.87. The lowest BCUT2D eigenvalue weighted by atomic mass is 10.0. The number of fused-ring (bicyclic) bond motifs is 1. The first-order valence-corrected chi connectivity index (χ1v) is 9.48. The Kier molecular flexibility index (Phi) is 5.33. The van der Waals surface area contributed by atoms with Gasteiger partial charge in [0.15, 0.2) is 17.5 Å². The van der Waals surface area contributed by atoms with Gasteiger partial charge in [-0.15, -0.1) is 0 Å². The lowest BCUT2D eigenvalue weighted by Crippen LogP contribution is -2.21. The minimum atomic E-state index is -1.70. The highest BCUT2D eigenvalue weighted by Crippen LogP contribution is 2.26. The van der Waals surface area contributed by atoms with Crippen molar-refractivity contribution in [2.45, 2.75) is 6.92 Å². The molecule has 0 bridgehead atoms. The van der Waals surface area contributed by atoms with Crippen LogP contribution < -0.4 is 5.43 Å². The number of pyridine rings is 1. The summed E-state index contributed by atoms with van der Waals surface area (Å²) < 4.78 is 48.6. The van der Waals surface area contributed by atoms with E-state index in [2.05, 4.69) is 0 Å². The Labute approximate surface area is 175 Å². The predicted molar refractivity (Wildman–Crippen MR) is 111 cm³/mol. The van der Waals surface area contributed by atoms with E-state index in [-0.39, 0.29) is 6.61 Å². The normalized spacial score (nSPS) is 11.0. The van der Waals surface area contributed by atoms with Gasteiger partial charge < -0.3 is 9.30 Å². The van der Waals surface area contributed by atoms with E-state index in [1.54, 1.807) is 31.2 Å². The van der Waals surface area contributed by atoms with Crippen molar-refractivity contribution in [3.63, 3.8) is 0 Å². The molecule has 1 aromatic heterocycles. The molecule has 0 aliphatic carbocycles. The summed E-state index contributed by atoms with van der Waals surface area (Å²) >= 11 is 0. The molecule has 0 saturated heterocycles. The fourth-order valence-electron chi connectivity index (χ4n) is 3.39. The van der Waals surface area contributed by atoms with E-state index >= 15 is 0 Å². The topological polar surface area (TPSA) is 48.3 Å². The van der Waals surface area contributed by atoms with Crippen LogP contribution in [0.5, 0.6) is 0 Å². The molecule has 3 aromatic carbocycles. The average Bonchev–Trinajstić information content (AvgIpc) is 2.79. The van der Waals surface area contributed by atoms with Crippen LogP contribution in [0.3, 0.4) is 0 Å². The van der Waals surface area contributed by atoms with Crippen molar-refractivity contribution in [3.05, 3.63) is 100 Å². The lowest BCUT2D eigenvalue weighted by Gasteiger charge is -2.15. The van der Waals surface area contributed by atoms with E-state index in [0.717, 1.165) is 21.9 Å². The fourth-order valence-corrected chi connectivity index (χ4v) is 3.39. The summed E-state index contributed by atoms with van der Waals surface area (Å²) in [7, 11) is 0. The van der Waals surface area contributed by atoms with Crippen molar-refractivity contribution in [2.24, 2.45) is 0 Å². The van der Waals surface area contributed by atoms with E-state index in [1.165, 1.54) is 0 Å². The first-order valence-electron chi connectivity index (χ1n) is 9.48. The van der Waals surface area contributed by atoms with Crippen molar-refractivity contribution in [1.82, 2.24) is 4.57 Å². The number of hydrogen-bond acceptors (Lipinski definition) is 3. The molecule has 0 N–H and O–H groups in total. The van der Waals surface area contributed by atoms with Gasteiger partial charge >= 0.3 is 5.97 Å². The van der Waals surface area contributed by atoms with Gasteiger partial charge in [0.1, 0.15) is 5.56 Å². The maximum atomic E-state index is 14.7. The van der Waals surface area contributed by atoms with Gasteiger partial charge in [0.05, 0.1) is 17.5 Å². The number of nitrogens with zero attached hydrogens (tertiary/aromatic N) is 1. The van der Waals surface area contributed by atoms with Gasteiger partial charge in [0, 0.05) is 11.9 Å². The molecule has 0 unspecified atom stereocenters. The van der Waals surface area contributed by atoms with E-state index < -0.39 is 45.3 Å². The van der Waals surface area contributed by atoms with Gasteiger partial charge in [-0.2, -0.15) is 0 Å². The van der Waals surface area contributed by atoms with Crippen molar-refractivity contribution < 1.29 is 22.7 Å². The molecule has 0 radical (unpaired) electrons. The zero-order valence-corrected chi connectivity index (χ0v) is 16.4. The number of rotatable bonds is 4. The molecule has 31 heavy (non-hydrogen) atoms. The predicted octanol–water partition coefficient (Wildman–Crippen LogP) is 5.25. The number of hydrogen-bond donors (Lipinski definition) is 0. The molecule has 4 nitrogen and oxygen atoms in total. The quantitative estimate of drug-likeness (QED) is 0.333. The van der Waals surface area contributed by atoms with Gasteiger partial charge in [-0.3, -0.25) is 4.79 Å². The maximum absolute atomic E-state index is 14.7. The molecule has 156 valence electrons. The lowest BCUT2D eigenvalue weighted by molar-refractivity contribution is 0.0524. The number of halogens is 3. The smallest absolute Gasteiger partial charge is 0.343 e. The highest BCUT2D eigenvalue weighted by atomic mass is 19.2. The Balaban J connectivity index is 1.98. The van der Waals surface area contributed by atoms with Crippen LogP contribution in [0.1, 0.15) is 17.3 Å². The SMILES string of the molecule is CCOC(=O)c1cn(-c2ccc(-c3ccccc3)cc2)c2c(F)c(F)c(F)cc2c1=O. The second-order valence-corrected chi connectivity index (χ2v) is 6.76. The van der Waals surface area contributed by atoms with Gasteiger partial charge in [0.25, 0.3) is 0 Å². The Hall–Kier alpha value is -3.87. The summed E-state index contributed by atoms with van der Waals surface area (Å²) in [5, 5.41) is -0.464. The fraction of sp³-hybridized carbons (Fsp3) is 0.0833. The van der Waals surface area contributed by atoms with Gasteiger partial charge in [-0.1, -0.05) is 42.5 Å². The second kappa shape index (κ2) is 8.10. The van der Waals surface area contributed by atoms with Crippen LogP contribution in [0.2, 0.25) is 0 Å². The zero-order valence-electron chi connectivity index (χ0n) is 16.4. The Morgan fingerprint density at radius 1 is 0.935 bits per heavy atom. The minimum Gasteiger partial charge on any atom is -0.462 e. The highest BCUT2D eigenvalue weighted by molar-refractivity contribution is 5.94. The van der Waals surface area contributed by atoms with E-state index in [0.29, 0.717) is 11.8 Å². The molecular formula is C24H16F3NO3. The van der Waals surface area contributed by atoms with Crippen LogP contribution >= 0.6 is 0 Å². The highest BCUT2D eigenvalue weighted by Gasteiger charge is 2.23. The standard InChI is InChI=1S/C24H16F3NO3/c1-2-31-24(30)18-13-28(22-17(23(18)29)12-19(25)20(26)21(22)27)16-10-8-15(9-11-16)14-6-4-3-5-7-14/h3-13H,2H2,1H3. The summed E-state index contributed by atoms with van der Waals surface area (Å²) in [4.78, 5) is 25.0. The van der Waals surface area contributed by atoms with E-state index in [1.807, 2.05) is 30.3 Å². The van der Waals surface area contributed by atoms with Crippen LogP contribution in [0, 0.1) is 17.5 Å². The summed E-state index contributed by atoms with van der Waals surface area (Å²) in [5.41, 5.74) is 0.350. The molecule has 1 heterocycles. The Morgan fingerprint density at radius 2 is 1.58 bits per heavy atom. The summed E-state index contributed by atoms with van der Waals surface area (Å²) in [6.07, 6.45) is 1.08. The molecule has 0 aliphatic heterocycles. The number of benzene rings is 3. The van der Waals surface area contributed by atoms with Crippen LogP contribution in [0.4, 0.5) is 13.2 Å². The van der Waals surface area contributed by atoms with Crippen LogP contribution in [-0.4, -0.2) is 17.1 Å². The Bertz CT molecular complexity index is 1350. The molecule has 0 aliphatic rings.